The lowest BCUT2D eigenvalue weighted by molar-refractivity contribution is -0.385. The Hall–Kier alpha value is -5.39. The van der Waals surface area contributed by atoms with Crippen molar-refractivity contribution < 1.29 is 36.7 Å². The molecule has 1 saturated heterocycles. The zero-order valence-corrected chi connectivity index (χ0v) is 36.6. The SMILES string of the molecule is COCCOCCCc1ccc(S(=O)(=O)NC(=O)c2cc(F)c(N3CCN(CC4=C(c5ccc(Cl)cc5)CC5(CCC5)CC4)CC3)cc2Oc2cnc3[nH]ccc3c2)cc1[N+](=O)[O-]. The van der Waals surface area contributed by atoms with Crippen LogP contribution in [0, 0.1) is 21.3 Å². The molecule has 2 N–H and O–H groups in total. The Kier molecular flexibility index (Phi) is 13.4. The molecule has 14 nitrogen and oxygen atoms in total. The lowest BCUT2D eigenvalue weighted by Gasteiger charge is -2.47. The summed E-state index contributed by atoms with van der Waals surface area (Å²) in [6.07, 6.45) is 11.0. The first-order chi connectivity index (χ1) is 30.4. The lowest BCUT2D eigenvalue weighted by Crippen LogP contribution is -2.47. The number of hydrogen-bond donors (Lipinski definition) is 2. The number of piperazine rings is 1. The molecule has 1 saturated carbocycles. The number of sulfonamides is 1. The second-order valence-electron chi connectivity index (χ2n) is 16.6. The van der Waals surface area contributed by atoms with E-state index in [1.165, 1.54) is 66.8 Å². The number of methoxy groups -OCH3 is 1. The maximum Gasteiger partial charge on any atom is 0.273 e. The largest absolute Gasteiger partial charge is 0.455 e. The van der Waals surface area contributed by atoms with Crippen LogP contribution in [0.2, 0.25) is 5.02 Å². The van der Waals surface area contributed by atoms with Crippen molar-refractivity contribution in [2.24, 2.45) is 5.41 Å². The second-order valence-corrected chi connectivity index (χ2v) is 18.7. The third kappa shape index (κ3) is 10.2. The van der Waals surface area contributed by atoms with E-state index in [1.54, 1.807) is 25.4 Å². The van der Waals surface area contributed by atoms with Gasteiger partial charge in [0.15, 0.2) is 0 Å². The number of fused-ring (bicyclic) bond motifs is 1. The molecule has 2 aromatic heterocycles. The number of aromatic nitrogens is 2. The molecule has 8 rings (SSSR count). The number of ether oxygens (including phenoxy) is 3. The highest BCUT2D eigenvalue weighted by molar-refractivity contribution is 7.90. The number of H-pyrrole nitrogens is 1. The quantitative estimate of drug-likeness (QED) is 0.0520. The Morgan fingerprint density at radius 2 is 1.81 bits per heavy atom. The summed E-state index contributed by atoms with van der Waals surface area (Å²) in [5, 5.41) is 13.5. The zero-order valence-electron chi connectivity index (χ0n) is 35.0. The highest BCUT2D eigenvalue weighted by atomic mass is 35.5. The fourth-order valence-electron chi connectivity index (χ4n) is 8.89. The fraction of sp³-hybridized carbons (Fsp3) is 0.391. The maximum atomic E-state index is 16.3. The molecule has 63 heavy (non-hydrogen) atoms. The standard InChI is InChI=1S/C46H50ClFN6O8S/c1-60-22-23-61-21-2-4-32-7-10-37(25-41(32)54(56)57)63(58,59)51-45(55)38-26-40(48)42(27-43(38)62-36-24-33-12-16-49-44(33)50-29-36)53-19-17-52(18-20-53)30-34-11-15-46(13-3-14-46)28-39(34)31-5-8-35(47)9-6-31/h5-10,12,16,24-27,29H,2-4,11,13-15,17-23,28,30H2,1H3,(H,49,50)(H,51,55). The monoisotopic (exact) mass is 900 g/mol. The summed E-state index contributed by atoms with van der Waals surface area (Å²) in [6, 6.07) is 17.4. The first-order valence-electron chi connectivity index (χ1n) is 21.2. The van der Waals surface area contributed by atoms with E-state index in [0.29, 0.717) is 74.1 Å². The van der Waals surface area contributed by atoms with Crippen molar-refractivity contribution in [3.63, 3.8) is 0 Å². The van der Waals surface area contributed by atoms with E-state index in [4.69, 9.17) is 25.8 Å². The number of hydrogen-bond acceptors (Lipinski definition) is 11. The van der Waals surface area contributed by atoms with Crippen LogP contribution in [0.15, 0.2) is 89.6 Å². The van der Waals surface area contributed by atoms with Crippen LogP contribution in [0.25, 0.3) is 16.6 Å². The number of halogens is 2. The van der Waals surface area contributed by atoms with Gasteiger partial charge in [0.1, 0.15) is 23.0 Å². The van der Waals surface area contributed by atoms with E-state index in [1.807, 2.05) is 21.8 Å². The Labute approximate surface area is 370 Å². The number of anilines is 1. The summed E-state index contributed by atoms with van der Waals surface area (Å²) in [6.45, 7) is 4.25. The number of amides is 1. The number of rotatable bonds is 17. The molecular weight excluding hydrogens is 851 g/mol. The second kappa shape index (κ2) is 19.2. The smallest absolute Gasteiger partial charge is 0.273 e. The third-order valence-electron chi connectivity index (χ3n) is 12.5. The first kappa shape index (κ1) is 44.2. The third-order valence-corrected chi connectivity index (χ3v) is 14.1. The number of carbonyl (C=O) groups excluding carboxylic acids is 1. The van der Waals surface area contributed by atoms with Gasteiger partial charge >= 0.3 is 0 Å². The van der Waals surface area contributed by atoms with E-state index in [9.17, 15) is 23.3 Å². The predicted molar refractivity (Wildman–Crippen MR) is 238 cm³/mol. The summed E-state index contributed by atoms with van der Waals surface area (Å²) in [7, 11) is -3.13. The van der Waals surface area contributed by atoms with Crippen LogP contribution in [0.4, 0.5) is 15.8 Å². The molecule has 5 aromatic rings. The minimum Gasteiger partial charge on any atom is -0.455 e. The van der Waals surface area contributed by atoms with Crippen molar-refractivity contribution in [2.75, 3.05) is 64.6 Å². The average molecular weight is 901 g/mol. The molecule has 17 heteroatoms. The van der Waals surface area contributed by atoms with Gasteiger partial charge in [0.05, 0.1) is 40.5 Å². The Morgan fingerprint density at radius 3 is 2.54 bits per heavy atom. The summed E-state index contributed by atoms with van der Waals surface area (Å²) in [5.74, 6) is -1.79. The lowest BCUT2D eigenvalue weighted by atomic mass is 9.59. The molecule has 2 aliphatic carbocycles. The van der Waals surface area contributed by atoms with Crippen molar-refractivity contribution in [3.05, 3.63) is 122 Å². The normalized spacial score (nSPS) is 16.7. The summed E-state index contributed by atoms with van der Waals surface area (Å²) < 4.78 is 62.1. The fourth-order valence-corrected chi connectivity index (χ4v) is 10.0. The summed E-state index contributed by atoms with van der Waals surface area (Å²) >= 11 is 6.26. The molecule has 0 radical (unpaired) electrons. The molecular formula is C46H50ClFN6O8S. The van der Waals surface area contributed by atoms with Crippen molar-refractivity contribution in [1.82, 2.24) is 19.6 Å². The summed E-state index contributed by atoms with van der Waals surface area (Å²) in [4.78, 5) is 36.4. The van der Waals surface area contributed by atoms with Crippen LogP contribution < -0.4 is 14.4 Å². The van der Waals surface area contributed by atoms with E-state index >= 15 is 4.39 Å². The van der Waals surface area contributed by atoms with Gasteiger partial charge in [-0.25, -0.2) is 22.5 Å². The number of aromatic amines is 1. The number of allylic oxidation sites excluding steroid dienone is 1. The number of nitrogens with one attached hydrogen (secondary N) is 2. The number of carbonyl (C=O) groups is 1. The van der Waals surface area contributed by atoms with Gasteiger partial charge in [0.25, 0.3) is 21.6 Å². The van der Waals surface area contributed by atoms with E-state index in [-0.39, 0.29) is 23.6 Å². The Morgan fingerprint density at radius 1 is 1.02 bits per heavy atom. The number of nitrogens with zero attached hydrogens (tertiary/aromatic N) is 4. The van der Waals surface area contributed by atoms with Crippen molar-refractivity contribution in [3.8, 4) is 11.5 Å². The highest BCUT2D eigenvalue weighted by Crippen LogP contribution is 2.55. The van der Waals surface area contributed by atoms with Crippen molar-refractivity contribution >= 4 is 55.5 Å². The van der Waals surface area contributed by atoms with Gasteiger partial charge in [-0.3, -0.25) is 19.8 Å². The van der Waals surface area contributed by atoms with Gasteiger partial charge in [0.2, 0.25) is 0 Å². The highest BCUT2D eigenvalue weighted by Gasteiger charge is 2.41. The van der Waals surface area contributed by atoms with Crippen molar-refractivity contribution in [2.45, 2.75) is 56.3 Å². The molecule has 3 aliphatic rings. The van der Waals surface area contributed by atoms with Gasteiger partial charge in [-0.15, -0.1) is 0 Å². The first-order valence-corrected chi connectivity index (χ1v) is 23.1. The number of nitro groups is 1. The maximum absolute atomic E-state index is 16.3. The Bertz CT molecular complexity index is 2630. The van der Waals surface area contributed by atoms with Crippen LogP contribution in [0.3, 0.4) is 0 Å². The molecule has 0 unspecified atom stereocenters. The van der Waals surface area contributed by atoms with Gasteiger partial charge < -0.3 is 24.1 Å². The molecule has 2 fully saturated rings. The Balaban J connectivity index is 1.01. The van der Waals surface area contributed by atoms with E-state index < -0.39 is 42.8 Å². The van der Waals surface area contributed by atoms with Crippen LogP contribution in [0.1, 0.15) is 66.4 Å². The molecule has 0 atom stereocenters. The molecule has 0 bridgehead atoms. The molecule has 1 aliphatic heterocycles. The number of pyridine rings is 1. The molecule has 332 valence electrons. The zero-order chi connectivity index (χ0) is 44.1. The molecule has 1 spiro atoms. The van der Waals surface area contributed by atoms with Crippen molar-refractivity contribution in [1.29, 1.82) is 0 Å². The van der Waals surface area contributed by atoms with Crippen LogP contribution in [-0.2, 0) is 25.9 Å². The minimum absolute atomic E-state index is 0.0999. The predicted octanol–water partition coefficient (Wildman–Crippen LogP) is 8.70. The minimum atomic E-state index is -4.68. The number of benzene rings is 3. The van der Waals surface area contributed by atoms with Gasteiger partial charge in [0, 0.05) is 80.7 Å². The van der Waals surface area contributed by atoms with Crippen LogP contribution >= 0.6 is 11.6 Å². The molecule has 3 aromatic carbocycles. The molecule has 3 heterocycles. The van der Waals surface area contributed by atoms with E-state index in [2.05, 4.69) is 27.0 Å². The number of nitro benzene ring substituents is 1. The molecule has 1 amide bonds. The van der Waals surface area contributed by atoms with Gasteiger partial charge in [-0.2, -0.15) is 0 Å². The van der Waals surface area contributed by atoms with Gasteiger partial charge in [-0.05, 0) is 97.9 Å². The average Bonchev–Trinajstić information content (AvgIpc) is 3.73. The summed E-state index contributed by atoms with van der Waals surface area (Å²) in [5.41, 5.74) is 4.77. The van der Waals surface area contributed by atoms with E-state index in [0.717, 1.165) is 36.9 Å². The van der Waals surface area contributed by atoms with Gasteiger partial charge in [-0.1, -0.05) is 41.8 Å². The topological polar surface area (TPSA) is 169 Å². The van der Waals surface area contributed by atoms with Crippen LogP contribution in [-0.4, -0.2) is 93.8 Å². The van der Waals surface area contributed by atoms with Crippen LogP contribution in [0.5, 0.6) is 11.5 Å². The number of aryl methyl sites for hydroxylation is 1.